The van der Waals surface area contributed by atoms with Gasteiger partial charge in [0.05, 0.1) is 11.5 Å². The Morgan fingerprint density at radius 2 is 1.96 bits per heavy atom. The number of carbonyl (C=O) groups excluding carboxylic acids is 1. The molecule has 6 nitrogen and oxygen atoms in total. The number of rotatable bonds is 7. The Bertz CT molecular complexity index is 888. The molecule has 1 amide bonds. The molecular weight excluding hydrogens is 360 g/mol. The van der Waals surface area contributed by atoms with E-state index in [1.165, 1.54) is 11.8 Å². The van der Waals surface area contributed by atoms with Gasteiger partial charge in [0.1, 0.15) is 0 Å². The number of hydrogen-bond acceptors (Lipinski definition) is 5. The number of hydrogen-bond donors (Lipinski definition) is 1. The van der Waals surface area contributed by atoms with Crippen molar-refractivity contribution in [1.29, 1.82) is 0 Å². The molecule has 0 radical (unpaired) electrons. The third kappa shape index (κ3) is 4.42. The third-order valence-corrected chi connectivity index (χ3v) is 5.43. The van der Waals surface area contributed by atoms with E-state index in [-0.39, 0.29) is 16.7 Å². The van der Waals surface area contributed by atoms with Gasteiger partial charge in [-0.1, -0.05) is 36.9 Å². The van der Waals surface area contributed by atoms with E-state index in [0.717, 1.165) is 12.1 Å². The molecule has 27 heavy (non-hydrogen) atoms. The quantitative estimate of drug-likeness (QED) is 0.615. The van der Waals surface area contributed by atoms with Gasteiger partial charge in [-0.3, -0.25) is 9.36 Å². The Morgan fingerprint density at radius 3 is 2.59 bits per heavy atom. The minimum atomic E-state index is -0.313. The van der Waals surface area contributed by atoms with E-state index in [1.54, 1.807) is 6.26 Å². The molecule has 1 N–H and O–H groups in total. The lowest BCUT2D eigenvalue weighted by Gasteiger charge is -2.26. The zero-order valence-electron chi connectivity index (χ0n) is 16.0. The van der Waals surface area contributed by atoms with E-state index >= 15 is 0 Å². The predicted octanol–water partition coefficient (Wildman–Crippen LogP) is 4.31. The molecule has 2 aromatic heterocycles. The number of amides is 1. The van der Waals surface area contributed by atoms with Crippen LogP contribution < -0.4 is 5.32 Å². The molecule has 7 heteroatoms. The Labute approximate surface area is 163 Å². The van der Waals surface area contributed by atoms with Gasteiger partial charge in [0.25, 0.3) is 0 Å². The molecule has 3 aromatic rings. The number of aromatic nitrogens is 3. The van der Waals surface area contributed by atoms with Crippen molar-refractivity contribution in [3.05, 3.63) is 48.7 Å². The maximum absolute atomic E-state index is 12.6. The second-order valence-electron chi connectivity index (χ2n) is 6.94. The highest BCUT2D eigenvalue weighted by atomic mass is 32.2. The summed E-state index contributed by atoms with van der Waals surface area (Å²) in [5.74, 6) is 1.21. The largest absolute Gasteiger partial charge is 0.461 e. The van der Waals surface area contributed by atoms with Gasteiger partial charge in [-0.05, 0) is 51.5 Å². The van der Waals surface area contributed by atoms with E-state index in [9.17, 15) is 4.79 Å². The number of nitrogens with one attached hydrogen (secondary N) is 1. The third-order valence-electron chi connectivity index (χ3n) is 4.39. The van der Waals surface area contributed by atoms with Crippen LogP contribution in [0.25, 0.3) is 17.3 Å². The summed E-state index contributed by atoms with van der Waals surface area (Å²) >= 11 is 1.38. The molecule has 3 rings (SSSR count). The number of para-hydroxylation sites is 1. The summed E-state index contributed by atoms with van der Waals surface area (Å²) < 4.78 is 7.43. The molecule has 0 saturated heterocycles. The second kappa shape index (κ2) is 8.00. The Morgan fingerprint density at radius 1 is 1.22 bits per heavy atom. The van der Waals surface area contributed by atoms with Crippen molar-refractivity contribution in [2.75, 3.05) is 0 Å². The summed E-state index contributed by atoms with van der Waals surface area (Å²) in [4.78, 5) is 12.6. The van der Waals surface area contributed by atoms with Gasteiger partial charge < -0.3 is 9.73 Å². The van der Waals surface area contributed by atoms with Crippen LogP contribution in [0.4, 0.5) is 0 Å². The summed E-state index contributed by atoms with van der Waals surface area (Å²) in [6, 6.07) is 13.5. The predicted molar refractivity (Wildman–Crippen MR) is 107 cm³/mol. The van der Waals surface area contributed by atoms with Crippen molar-refractivity contribution >= 4 is 17.7 Å². The van der Waals surface area contributed by atoms with Gasteiger partial charge in [0.2, 0.25) is 11.7 Å². The van der Waals surface area contributed by atoms with Crippen LogP contribution in [-0.2, 0) is 4.79 Å². The van der Waals surface area contributed by atoms with Crippen LogP contribution in [0.1, 0.15) is 34.1 Å². The van der Waals surface area contributed by atoms with Crippen molar-refractivity contribution in [3.63, 3.8) is 0 Å². The van der Waals surface area contributed by atoms with Crippen LogP contribution >= 0.6 is 11.8 Å². The molecule has 0 bridgehead atoms. The molecule has 1 aromatic carbocycles. The number of nitrogens with zero attached hydrogens (tertiary/aromatic N) is 3. The molecule has 0 saturated carbocycles. The maximum atomic E-state index is 12.6. The number of thioether (sulfide) groups is 1. The Balaban J connectivity index is 1.91. The fourth-order valence-electron chi connectivity index (χ4n) is 2.46. The minimum Gasteiger partial charge on any atom is -0.461 e. The van der Waals surface area contributed by atoms with Crippen LogP contribution in [-0.4, -0.2) is 31.5 Å². The monoisotopic (exact) mass is 384 g/mol. The first-order valence-electron chi connectivity index (χ1n) is 8.94. The van der Waals surface area contributed by atoms with Crippen molar-refractivity contribution in [3.8, 4) is 17.3 Å². The molecule has 0 aliphatic heterocycles. The number of furan rings is 1. The topological polar surface area (TPSA) is 73.0 Å². The molecule has 0 aliphatic rings. The lowest BCUT2D eigenvalue weighted by molar-refractivity contribution is -0.121. The highest BCUT2D eigenvalue weighted by molar-refractivity contribution is 8.00. The smallest absolute Gasteiger partial charge is 0.233 e. The lowest BCUT2D eigenvalue weighted by Crippen LogP contribution is -2.46. The lowest BCUT2D eigenvalue weighted by atomic mass is 10.0. The SMILES string of the molecule is CCC(C)(C)NC(=O)C(C)Sc1nnc(-c2ccco2)n1-c1ccccc1. The van der Waals surface area contributed by atoms with Gasteiger partial charge in [0, 0.05) is 11.2 Å². The molecule has 2 heterocycles. The number of carbonyl (C=O) groups is 1. The average molecular weight is 385 g/mol. The molecule has 0 spiro atoms. The van der Waals surface area contributed by atoms with Crippen LogP contribution in [0.3, 0.4) is 0 Å². The van der Waals surface area contributed by atoms with E-state index in [0.29, 0.717) is 16.7 Å². The molecule has 1 atom stereocenters. The summed E-state index contributed by atoms with van der Waals surface area (Å²) in [7, 11) is 0. The van der Waals surface area contributed by atoms with Crippen LogP contribution in [0, 0.1) is 0 Å². The van der Waals surface area contributed by atoms with Crippen molar-refractivity contribution < 1.29 is 9.21 Å². The van der Waals surface area contributed by atoms with Crippen molar-refractivity contribution in [2.45, 2.75) is 50.1 Å². The Hall–Kier alpha value is -2.54. The first-order valence-corrected chi connectivity index (χ1v) is 9.82. The normalized spacial score (nSPS) is 12.7. The standard InChI is InChI=1S/C20H24N4O2S/c1-5-20(3,4)21-18(25)14(2)27-19-23-22-17(16-12-9-13-26-16)24(19)15-10-7-6-8-11-15/h6-14H,5H2,1-4H3,(H,21,25). The van der Waals surface area contributed by atoms with Crippen LogP contribution in [0.2, 0.25) is 0 Å². The fourth-order valence-corrected chi connectivity index (χ4v) is 3.32. The summed E-state index contributed by atoms with van der Waals surface area (Å²) in [5.41, 5.74) is 0.677. The van der Waals surface area contributed by atoms with E-state index in [4.69, 9.17) is 4.42 Å². The van der Waals surface area contributed by atoms with Crippen LogP contribution in [0.15, 0.2) is 58.3 Å². The zero-order chi connectivity index (χ0) is 19.4. The van der Waals surface area contributed by atoms with E-state index in [1.807, 2.05) is 67.8 Å². The van der Waals surface area contributed by atoms with Gasteiger partial charge in [-0.15, -0.1) is 10.2 Å². The second-order valence-corrected chi connectivity index (χ2v) is 8.25. The summed E-state index contributed by atoms with van der Waals surface area (Å²) in [5, 5.41) is 12.0. The van der Waals surface area contributed by atoms with Crippen LogP contribution in [0.5, 0.6) is 0 Å². The first kappa shape index (κ1) is 19.2. The minimum absolute atomic E-state index is 0.0194. The van der Waals surface area contributed by atoms with Gasteiger partial charge in [0.15, 0.2) is 10.9 Å². The molecule has 1 unspecified atom stereocenters. The molecule has 142 valence electrons. The number of benzene rings is 1. The van der Waals surface area contributed by atoms with Gasteiger partial charge >= 0.3 is 0 Å². The van der Waals surface area contributed by atoms with Gasteiger partial charge in [-0.2, -0.15) is 0 Å². The molecule has 0 aliphatic carbocycles. The maximum Gasteiger partial charge on any atom is 0.233 e. The highest BCUT2D eigenvalue weighted by Gasteiger charge is 2.26. The van der Waals surface area contributed by atoms with Crippen molar-refractivity contribution in [1.82, 2.24) is 20.1 Å². The highest BCUT2D eigenvalue weighted by Crippen LogP contribution is 2.30. The first-order chi connectivity index (χ1) is 12.9. The molecule has 0 fully saturated rings. The van der Waals surface area contributed by atoms with E-state index in [2.05, 4.69) is 22.4 Å². The fraction of sp³-hybridized carbons (Fsp3) is 0.350. The molecular formula is C20H24N4O2S. The summed E-state index contributed by atoms with van der Waals surface area (Å²) in [6.45, 7) is 7.97. The van der Waals surface area contributed by atoms with E-state index < -0.39 is 0 Å². The summed E-state index contributed by atoms with van der Waals surface area (Å²) in [6.07, 6.45) is 2.47. The average Bonchev–Trinajstić information content (AvgIpc) is 3.31. The van der Waals surface area contributed by atoms with Gasteiger partial charge in [-0.25, -0.2) is 0 Å². The zero-order valence-corrected chi connectivity index (χ0v) is 16.8. The Kier molecular flexibility index (Phi) is 5.70. The van der Waals surface area contributed by atoms with Crippen molar-refractivity contribution in [2.24, 2.45) is 0 Å².